The Morgan fingerprint density at radius 2 is 2.15 bits per heavy atom. The van der Waals surface area contributed by atoms with Gasteiger partial charge in [0.25, 0.3) is 0 Å². The van der Waals surface area contributed by atoms with Crippen LogP contribution in [0.3, 0.4) is 0 Å². The Bertz CT molecular complexity index is 449. The molecule has 1 atom stereocenters. The number of halogens is 3. The number of rotatable bonds is 7. The molecule has 112 valence electrons. The molecule has 7 heteroatoms. The molecule has 0 aliphatic rings. The van der Waals surface area contributed by atoms with E-state index < -0.39 is 24.6 Å². The molecule has 0 fully saturated rings. The second-order valence-electron chi connectivity index (χ2n) is 4.36. The predicted octanol–water partition coefficient (Wildman–Crippen LogP) is 2.69. The Kier molecular flexibility index (Phi) is 5.82. The molecule has 0 aliphatic heterocycles. The highest BCUT2D eigenvalue weighted by Crippen LogP contribution is 2.21. The normalized spacial score (nSPS) is 13.0. The highest BCUT2D eigenvalue weighted by Gasteiger charge is 2.29. The molecule has 0 heterocycles. The Morgan fingerprint density at radius 1 is 1.45 bits per heavy atom. The Morgan fingerprint density at radius 3 is 2.75 bits per heavy atom. The second-order valence-corrected chi connectivity index (χ2v) is 4.36. The molecule has 1 aromatic rings. The summed E-state index contributed by atoms with van der Waals surface area (Å²) in [6.07, 6.45) is -5.09. The summed E-state index contributed by atoms with van der Waals surface area (Å²) < 4.78 is 41.5. The minimum Gasteiger partial charge on any atom is -0.492 e. The van der Waals surface area contributed by atoms with Crippen LogP contribution in [0.2, 0.25) is 0 Å². The summed E-state index contributed by atoms with van der Waals surface area (Å²) in [5, 5.41) is 11.5. The number of hydrogen-bond donors (Lipinski definition) is 2. The molecule has 20 heavy (non-hydrogen) atoms. The molecular formula is C13H16F3NO3. The fraction of sp³-hybridized carbons (Fsp3) is 0.462. The smallest absolute Gasteiger partial charge is 0.390 e. The average molecular weight is 291 g/mol. The lowest BCUT2D eigenvalue weighted by atomic mass is 10.2. The number of carboxylic acids is 1. The molecule has 0 spiro atoms. The van der Waals surface area contributed by atoms with Crippen LogP contribution in [0.25, 0.3) is 0 Å². The first-order valence-electron chi connectivity index (χ1n) is 6.04. The first kappa shape index (κ1) is 16.3. The van der Waals surface area contributed by atoms with Crippen LogP contribution in [0.5, 0.6) is 5.75 Å². The lowest BCUT2D eigenvalue weighted by Crippen LogP contribution is -2.34. The van der Waals surface area contributed by atoms with Crippen molar-refractivity contribution in [3.05, 3.63) is 29.8 Å². The molecule has 1 unspecified atom stereocenters. The van der Waals surface area contributed by atoms with Crippen LogP contribution in [0.15, 0.2) is 24.3 Å². The SMILES string of the molecule is CC(CC(F)(F)F)NCCOc1cccc(C(=O)O)c1. The summed E-state index contributed by atoms with van der Waals surface area (Å²) in [6.45, 7) is 1.85. The standard InChI is InChI=1S/C13H16F3NO3/c1-9(8-13(14,15)16)17-5-6-20-11-4-2-3-10(7-11)12(18)19/h2-4,7,9,17H,5-6,8H2,1H3,(H,18,19). The molecule has 0 saturated carbocycles. The van der Waals surface area contributed by atoms with Gasteiger partial charge in [-0.1, -0.05) is 6.07 Å². The minimum atomic E-state index is -4.19. The monoisotopic (exact) mass is 291 g/mol. The van der Waals surface area contributed by atoms with E-state index in [1.807, 2.05) is 0 Å². The Balaban J connectivity index is 2.31. The summed E-state index contributed by atoms with van der Waals surface area (Å²) in [7, 11) is 0. The minimum absolute atomic E-state index is 0.0981. The highest BCUT2D eigenvalue weighted by atomic mass is 19.4. The van der Waals surface area contributed by atoms with E-state index in [-0.39, 0.29) is 18.7 Å². The second kappa shape index (κ2) is 7.14. The average Bonchev–Trinajstić information content (AvgIpc) is 2.33. The number of aromatic carboxylic acids is 1. The van der Waals surface area contributed by atoms with Gasteiger partial charge in [0.1, 0.15) is 12.4 Å². The summed E-state index contributed by atoms with van der Waals surface area (Å²) in [4.78, 5) is 10.7. The van der Waals surface area contributed by atoms with E-state index >= 15 is 0 Å². The van der Waals surface area contributed by atoms with E-state index in [9.17, 15) is 18.0 Å². The molecule has 0 bridgehead atoms. The third-order valence-electron chi connectivity index (χ3n) is 2.48. The molecule has 0 radical (unpaired) electrons. The summed E-state index contributed by atoms with van der Waals surface area (Å²) >= 11 is 0. The van der Waals surface area contributed by atoms with Crippen molar-refractivity contribution in [1.82, 2.24) is 5.32 Å². The van der Waals surface area contributed by atoms with Gasteiger partial charge in [-0.3, -0.25) is 0 Å². The van der Waals surface area contributed by atoms with Gasteiger partial charge in [0.05, 0.1) is 12.0 Å². The predicted molar refractivity (Wildman–Crippen MR) is 67.0 cm³/mol. The van der Waals surface area contributed by atoms with Gasteiger partial charge in [-0.05, 0) is 25.1 Å². The van der Waals surface area contributed by atoms with Gasteiger partial charge in [0.15, 0.2) is 0 Å². The maximum absolute atomic E-state index is 12.1. The van der Waals surface area contributed by atoms with Gasteiger partial charge in [0.2, 0.25) is 0 Å². The lowest BCUT2D eigenvalue weighted by molar-refractivity contribution is -0.139. The van der Waals surface area contributed by atoms with E-state index in [0.29, 0.717) is 5.75 Å². The molecule has 2 N–H and O–H groups in total. The first-order valence-corrected chi connectivity index (χ1v) is 6.04. The van der Waals surface area contributed by atoms with Crippen LogP contribution in [0.4, 0.5) is 13.2 Å². The fourth-order valence-electron chi connectivity index (χ4n) is 1.61. The Hall–Kier alpha value is -1.76. The maximum atomic E-state index is 12.1. The fourth-order valence-corrected chi connectivity index (χ4v) is 1.61. The molecule has 1 aromatic carbocycles. The van der Waals surface area contributed by atoms with Crippen molar-refractivity contribution in [2.24, 2.45) is 0 Å². The van der Waals surface area contributed by atoms with Crippen molar-refractivity contribution >= 4 is 5.97 Å². The largest absolute Gasteiger partial charge is 0.492 e. The molecule has 0 amide bonds. The molecular weight excluding hydrogens is 275 g/mol. The summed E-state index contributed by atoms with van der Waals surface area (Å²) in [5.74, 6) is -0.692. The highest BCUT2D eigenvalue weighted by molar-refractivity contribution is 5.87. The van der Waals surface area contributed by atoms with Crippen LogP contribution in [-0.4, -0.2) is 36.4 Å². The van der Waals surface area contributed by atoms with Crippen molar-refractivity contribution < 1.29 is 27.8 Å². The molecule has 1 rings (SSSR count). The van der Waals surface area contributed by atoms with Gasteiger partial charge in [-0.25, -0.2) is 4.79 Å². The van der Waals surface area contributed by atoms with Crippen LogP contribution < -0.4 is 10.1 Å². The molecule has 0 saturated heterocycles. The zero-order valence-corrected chi connectivity index (χ0v) is 10.9. The van der Waals surface area contributed by atoms with E-state index in [1.165, 1.54) is 19.1 Å². The van der Waals surface area contributed by atoms with Gasteiger partial charge in [-0.15, -0.1) is 0 Å². The van der Waals surface area contributed by atoms with E-state index in [4.69, 9.17) is 9.84 Å². The zero-order valence-electron chi connectivity index (χ0n) is 10.9. The van der Waals surface area contributed by atoms with Crippen molar-refractivity contribution in [3.8, 4) is 5.75 Å². The maximum Gasteiger partial charge on any atom is 0.390 e. The number of hydrogen-bond acceptors (Lipinski definition) is 3. The number of nitrogens with one attached hydrogen (secondary N) is 1. The van der Waals surface area contributed by atoms with E-state index in [0.717, 1.165) is 0 Å². The van der Waals surface area contributed by atoms with Crippen molar-refractivity contribution in [2.45, 2.75) is 25.6 Å². The Labute approximate surface area is 114 Å². The number of alkyl halides is 3. The molecule has 4 nitrogen and oxygen atoms in total. The molecule has 0 aliphatic carbocycles. The van der Waals surface area contributed by atoms with Crippen LogP contribution in [-0.2, 0) is 0 Å². The van der Waals surface area contributed by atoms with Gasteiger partial charge in [0, 0.05) is 12.6 Å². The number of ether oxygens (including phenoxy) is 1. The van der Waals surface area contributed by atoms with Gasteiger partial charge in [-0.2, -0.15) is 13.2 Å². The van der Waals surface area contributed by atoms with Crippen molar-refractivity contribution in [1.29, 1.82) is 0 Å². The van der Waals surface area contributed by atoms with Gasteiger partial charge >= 0.3 is 12.1 Å². The number of benzene rings is 1. The third-order valence-corrected chi connectivity index (χ3v) is 2.48. The lowest BCUT2D eigenvalue weighted by Gasteiger charge is -2.16. The first-order chi connectivity index (χ1) is 9.28. The van der Waals surface area contributed by atoms with Crippen LogP contribution >= 0.6 is 0 Å². The van der Waals surface area contributed by atoms with E-state index in [2.05, 4.69) is 5.32 Å². The topological polar surface area (TPSA) is 58.6 Å². The van der Waals surface area contributed by atoms with Crippen molar-refractivity contribution in [2.75, 3.05) is 13.2 Å². The van der Waals surface area contributed by atoms with Gasteiger partial charge < -0.3 is 15.2 Å². The zero-order chi connectivity index (χ0) is 15.2. The quantitative estimate of drug-likeness (QED) is 0.758. The summed E-state index contributed by atoms with van der Waals surface area (Å²) in [5.41, 5.74) is 0.0981. The summed E-state index contributed by atoms with van der Waals surface area (Å²) in [6, 6.07) is 5.23. The van der Waals surface area contributed by atoms with E-state index in [1.54, 1.807) is 12.1 Å². The number of carboxylic acid groups (broad SMARTS) is 1. The van der Waals surface area contributed by atoms with Crippen LogP contribution in [0.1, 0.15) is 23.7 Å². The third kappa shape index (κ3) is 6.42. The van der Waals surface area contributed by atoms with Crippen LogP contribution in [0, 0.1) is 0 Å². The molecule has 0 aromatic heterocycles. The van der Waals surface area contributed by atoms with Crippen molar-refractivity contribution in [3.63, 3.8) is 0 Å². The number of carbonyl (C=O) groups is 1.